The number of nitrogens with zero attached hydrogens (tertiary/aromatic N) is 4. The maximum Gasteiger partial charge on any atom is 0.297 e. The largest absolute Gasteiger partial charge is 0.354 e. The molecule has 2 heterocycles. The first-order chi connectivity index (χ1) is 8.58. The van der Waals surface area contributed by atoms with Gasteiger partial charge in [0.2, 0.25) is 6.85 Å². The predicted molar refractivity (Wildman–Crippen MR) is 68.3 cm³/mol. The van der Waals surface area contributed by atoms with E-state index >= 15 is 0 Å². The van der Waals surface area contributed by atoms with Crippen LogP contribution in [0.4, 0.5) is 14.6 Å². The van der Waals surface area contributed by atoms with Crippen LogP contribution in [0.25, 0.3) is 0 Å². The van der Waals surface area contributed by atoms with Crippen molar-refractivity contribution >= 4 is 12.7 Å². The monoisotopic (exact) mass is 254 g/mol. The molecule has 0 aromatic carbocycles. The molecule has 1 saturated heterocycles. The van der Waals surface area contributed by atoms with Gasteiger partial charge in [0, 0.05) is 32.4 Å². The Morgan fingerprint density at radius 1 is 1.22 bits per heavy atom. The lowest BCUT2D eigenvalue weighted by molar-refractivity contribution is 0.140. The zero-order chi connectivity index (χ0) is 13.1. The Labute approximate surface area is 106 Å². The van der Waals surface area contributed by atoms with E-state index in [0.29, 0.717) is 12.7 Å². The molecule has 2 rings (SSSR count). The number of hydrogen-bond donors (Lipinski definition) is 0. The number of alkyl halides is 2. The third-order valence-corrected chi connectivity index (χ3v) is 3.22. The van der Waals surface area contributed by atoms with Crippen molar-refractivity contribution in [1.82, 2.24) is 14.8 Å². The molecule has 1 aromatic heterocycles. The van der Waals surface area contributed by atoms with E-state index in [-0.39, 0.29) is 0 Å². The molecule has 18 heavy (non-hydrogen) atoms. The van der Waals surface area contributed by atoms with E-state index in [1.807, 2.05) is 4.90 Å². The molecule has 1 aromatic rings. The first-order valence-electron chi connectivity index (χ1n) is 6.18. The Hall–Kier alpha value is -1.24. The summed E-state index contributed by atoms with van der Waals surface area (Å²) in [5, 5.41) is 0. The van der Waals surface area contributed by atoms with Gasteiger partial charge in [0.1, 0.15) is 5.82 Å². The van der Waals surface area contributed by atoms with Crippen LogP contribution >= 0.6 is 0 Å². The van der Waals surface area contributed by atoms with Crippen molar-refractivity contribution < 1.29 is 8.78 Å². The molecular weight excluding hydrogens is 237 g/mol. The van der Waals surface area contributed by atoms with E-state index in [1.54, 1.807) is 6.07 Å². The number of rotatable bonds is 3. The summed E-state index contributed by atoms with van der Waals surface area (Å²) < 4.78 is 25.1. The van der Waals surface area contributed by atoms with Gasteiger partial charge in [-0.2, -0.15) is 0 Å². The summed E-state index contributed by atoms with van der Waals surface area (Å²) in [7, 11) is 0. The number of hydrogen-bond acceptors (Lipinski definition) is 4. The van der Waals surface area contributed by atoms with Crippen LogP contribution < -0.4 is 4.90 Å². The summed E-state index contributed by atoms with van der Waals surface area (Å²) in [5.74, 6) is 0.211. The normalized spacial score (nSPS) is 17.3. The number of piperazine rings is 1. The zero-order valence-corrected chi connectivity index (χ0v) is 10.7. The zero-order valence-electron chi connectivity index (χ0n) is 10.7. The van der Waals surface area contributed by atoms with Crippen molar-refractivity contribution in [3.8, 4) is 0 Å². The Bertz CT molecular complexity index is 394. The molecule has 0 atom stereocenters. The molecule has 1 fully saturated rings. The average molecular weight is 254 g/mol. The van der Waals surface area contributed by atoms with Gasteiger partial charge in [-0.3, -0.25) is 0 Å². The smallest absolute Gasteiger partial charge is 0.297 e. The topological polar surface area (TPSA) is 32.3 Å². The summed E-state index contributed by atoms with van der Waals surface area (Å²) in [6, 6.07) is 1.69. The van der Waals surface area contributed by atoms with Crippen LogP contribution in [0.5, 0.6) is 0 Å². The molecule has 4 nitrogen and oxygen atoms in total. The van der Waals surface area contributed by atoms with Crippen LogP contribution in [0.2, 0.25) is 13.6 Å². The lowest BCUT2D eigenvalue weighted by Gasteiger charge is -2.37. The van der Waals surface area contributed by atoms with E-state index in [9.17, 15) is 8.78 Å². The lowest BCUT2D eigenvalue weighted by atomic mass is 9.66. The summed E-state index contributed by atoms with van der Waals surface area (Å²) in [6.07, 6.45) is -1.21. The van der Waals surface area contributed by atoms with E-state index in [2.05, 4.69) is 28.4 Å². The maximum atomic E-state index is 12.5. The van der Waals surface area contributed by atoms with Crippen molar-refractivity contribution in [2.75, 3.05) is 31.1 Å². The van der Waals surface area contributed by atoms with Gasteiger partial charge in [-0.15, -0.1) is 0 Å². The van der Waals surface area contributed by atoms with E-state index in [1.165, 1.54) is 6.20 Å². The maximum absolute atomic E-state index is 12.5. The van der Waals surface area contributed by atoms with Crippen molar-refractivity contribution in [3.05, 3.63) is 18.1 Å². The summed E-state index contributed by atoms with van der Waals surface area (Å²) in [4.78, 5) is 11.9. The van der Waals surface area contributed by atoms with E-state index < -0.39 is 12.2 Å². The fraction of sp³-hybridized carbons (Fsp3) is 0.636. The Morgan fingerprint density at radius 2 is 1.89 bits per heavy atom. The summed E-state index contributed by atoms with van der Waals surface area (Å²) in [6.45, 7) is 8.35. The highest BCUT2D eigenvalue weighted by atomic mass is 19.3. The standard InChI is InChI=1S/C11H17BF2N4/c1-12(2)18-7-5-17(6-8-18)9-3-4-15-11(16-9)10(13)14/h3-4,10H,5-8H2,1-2H3. The second kappa shape index (κ2) is 5.60. The highest BCUT2D eigenvalue weighted by Gasteiger charge is 2.22. The molecule has 7 heteroatoms. The molecule has 0 amide bonds. The van der Waals surface area contributed by atoms with Crippen LogP contribution in [0.3, 0.4) is 0 Å². The molecule has 98 valence electrons. The van der Waals surface area contributed by atoms with Crippen LogP contribution in [-0.4, -0.2) is 47.8 Å². The fourth-order valence-electron chi connectivity index (χ4n) is 2.11. The minimum atomic E-state index is -2.61. The second-order valence-corrected chi connectivity index (χ2v) is 4.69. The van der Waals surface area contributed by atoms with E-state index in [4.69, 9.17) is 0 Å². The lowest BCUT2D eigenvalue weighted by Crippen LogP contribution is -2.50. The van der Waals surface area contributed by atoms with Crippen molar-refractivity contribution in [2.45, 2.75) is 20.1 Å². The molecule has 0 aliphatic carbocycles. The SMILES string of the molecule is CB(C)N1CCN(c2ccnc(C(F)F)n2)CC1. The molecule has 0 radical (unpaired) electrons. The first-order valence-corrected chi connectivity index (χ1v) is 6.18. The van der Waals surface area contributed by atoms with Crippen LogP contribution in [-0.2, 0) is 0 Å². The fourth-order valence-corrected chi connectivity index (χ4v) is 2.11. The van der Waals surface area contributed by atoms with E-state index in [0.717, 1.165) is 26.2 Å². The van der Waals surface area contributed by atoms with Crippen LogP contribution in [0, 0.1) is 0 Å². The first kappa shape index (κ1) is 13.2. The van der Waals surface area contributed by atoms with Crippen molar-refractivity contribution in [1.29, 1.82) is 0 Å². The predicted octanol–water partition coefficient (Wildman–Crippen LogP) is 1.79. The van der Waals surface area contributed by atoms with Gasteiger partial charge in [-0.05, 0) is 6.07 Å². The molecular formula is C11H17BF2N4. The quantitative estimate of drug-likeness (QED) is 0.770. The Morgan fingerprint density at radius 3 is 2.44 bits per heavy atom. The third-order valence-electron chi connectivity index (χ3n) is 3.22. The van der Waals surface area contributed by atoms with Crippen LogP contribution in [0.1, 0.15) is 12.2 Å². The molecule has 0 saturated carbocycles. The molecule has 1 aliphatic heterocycles. The molecule has 0 spiro atoms. The van der Waals surface area contributed by atoms with Gasteiger partial charge in [-0.25, -0.2) is 18.7 Å². The van der Waals surface area contributed by atoms with Gasteiger partial charge in [0.25, 0.3) is 6.43 Å². The van der Waals surface area contributed by atoms with Gasteiger partial charge in [-0.1, -0.05) is 13.6 Å². The van der Waals surface area contributed by atoms with Gasteiger partial charge in [0.15, 0.2) is 5.82 Å². The number of aromatic nitrogens is 2. The molecule has 0 N–H and O–H groups in total. The highest BCUT2D eigenvalue weighted by Crippen LogP contribution is 2.18. The highest BCUT2D eigenvalue weighted by molar-refractivity contribution is 6.52. The summed E-state index contributed by atoms with van der Waals surface area (Å²) in [5.41, 5.74) is 0. The van der Waals surface area contributed by atoms with Gasteiger partial charge < -0.3 is 9.71 Å². The van der Waals surface area contributed by atoms with Gasteiger partial charge in [0.05, 0.1) is 0 Å². The number of anilines is 1. The minimum Gasteiger partial charge on any atom is -0.354 e. The number of halogens is 2. The molecule has 0 unspecified atom stereocenters. The average Bonchev–Trinajstić information content (AvgIpc) is 2.39. The third kappa shape index (κ3) is 2.96. The molecule has 0 bridgehead atoms. The molecule has 1 aliphatic rings. The Kier molecular flexibility index (Phi) is 4.11. The Balaban J connectivity index is 2.03. The van der Waals surface area contributed by atoms with Gasteiger partial charge >= 0.3 is 0 Å². The van der Waals surface area contributed by atoms with Crippen LogP contribution in [0.15, 0.2) is 12.3 Å². The van der Waals surface area contributed by atoms with Crippen molar-refractivity contribution in [3.63, 3.8) is 0 Å². The summed E-state index contributed by atoms with van der Waals surface area (Å²) >= 11 is 0. The minimum absolute atomic E-state index is 0.390. The van der Waals surface area contributed by atoms with Crippen molar-refractivity contribution in [2.24, 2.45) is 0 Å². The second-order valence-electron chi connectivity index (χ2n) is 4.69.